The Morgan fingerprint density at radius 2 is 1.25 bits per heavy atom. The average molecular weight is 268 g/mol. The second-order valence-corrected chi connectivity index (χ2v) is 5.86. The van der Waals surface area contributed by atoms with Crippen LogP contribution >= 0.6 is 0 Å². The molecule has 1 heteroatoms. The Morgan fingerprint density at radius 3 is 1.75 bits per heavy atom. The lowest BCUT2D eigenvalue weighted by Gasteiger charge is -2.23. The van der Waals surface area contributed by atoms with E-state index in [-0.39, 0.29) is 0 Å². The highest BCUT2D eigenvalue weighted by molar-refractivity contribution is 5.52. The summed E-state index contributed by atoms with van der Waals surface area (Å²) in [7, 11) is 0. The Morgan fingerprint density at radius 1 is 0.750 bits per heavy atom. The van der Waals surface area contributed by atoms with Crippen molar-refractivity contribution >= 4 is 0 Å². The van der Waals surface area contributed by atoms with E-state index >= 15 is 0 Å². The number of aryl methyl sites for hydroxylation is 1. The van der Waals surface area contributed by atoms with E-state index in [0.717, 1.165) is 11.1 Å². The van der Waals surface area contributed by atoms with Gasteiger partial charge in [0.2, 0.25) is 0 Å². The Balaban J connectivity index is 2.64. The maximum atomic E-state index is 10.8. The molecule has 1 unspecified atom stereocenters. The van der Waals surface area contributed by atoms with Gasteiger partial charge < -0.3 is 5.11 Å². The highest BCUT2D eigenvalue weighted by atomic mass is 16.3. The molecule has 0 saturated heterocycles. The molecule has 0 bridgehead atoms. The summed E-state index contributed by atoms with van der Waals surface area (Å²) in [6, 6.07) is 8.13. The predicted octanol–water partition coefficient (Wildman–Crippen LogP) is 4.62. The number of hydrogen-bond acceptors (Lipinski definition) is 1. The van der Waals surface area contributed by atoms with Crippen LogP contribution in [0.4, 0.5) is 0 Å². The van der Waals surface area contributed by atoms with E-state index in [4.69, 9.17) is 0 Å². The number of aliphatic hydroxyl groups is 1. The fourth-order valence-electron chi connectivity index (χ4n) is 2.95. The summed E-state index contributed by atoms with van der Waals surface area (Å²) in [6.07, 6.45) is -0.548. The van der Waals surface area contributed by atoms with Crippen LogP contribution in [-0.4, -0.2) is 5.11 Å². The third kappa shape index (κ3) is 2.38. The van der Waals surface area contributed by atoms with Gasteiger partial charge in [-0.25, -0.2) is 0 Å². The maximum absolute atomic E-state index is 10.8. The quantitative estimate of drug-likeness (QED) is 0.842. The monoisotopic (exact) mass is 268 g/mol. The first-order valence-electron chi connectivity index (χ1n) is 7.16. The van der Waals surface area contributed by atoms with Gasteiger partial charge in [-0.3, -0.25) is 0 Å². The molecule has 0 fully saturated rings. The zero-order chi connectivity index (χ0) is 15.0. The molecule has 0 heterocycles. The van der Waals surface area contributed by atoms with Crippen LogP contribution in [-0.2, 0) is 0 Å². The molecule has 1 atom stereocenters. The van der Waals surface area contributed by atoms with Crippen molar-refractivity contribution in [1.29, 1.82) is 0 Å². The van der Waals surface area contributed by atoms with Crippen molar-refractivity contribution < 1.29 is 5.11 Å². The minimum Gasteiger partial charge on any atom is -0.384 e. The SMILES string of the molecule is Cc1cccc(C(O)c2c(C)c(C)c(C)c(C)c2C)c1. The first-order valence-corrected chi connectivity index (χ1v) is 7.16. The van der Waals surface area contributed by atoms with Crippen LogP contribution in [0.5, 0.6) is 0 Å². The Kier molecular flexibility index (Phi) is 4.01. The first-order chi connectivity index (χ1) is 9.34. The van der Waals surface area contributed by atoms with Crippen LogP contribution in [0, 0.1) is 41.5 Å². The normalized spacial score (nSPS) is 12.6. The van der Waals surface area contributed by atoms with Crippen LogP contribution in [0.3, 0.4) is 0 Å². The molecule has 0 spiro atoms. The van der Waals surface area contributed by atoms with Gasteiger partial charge >= 0.3 is 0 Å². The number of benzene rings is 2. The largest absolute Gasteiger partial charge is 0.384 e. The van der Waals surface area contributed by atoms with E-state index in [9.17, 15) is 5.11 Å². The van der Waals surface area contributed by atoms with Crippen LogP contribution in [0.15, 0.2) is 24.3 Å². The van der Waals surface area contributed by atoms with Gasteiger partial charge in [0.15, 0.2) is 0 Å². The topological polar surface area (TPSA) is 20.2 Å². The van der Waals surface area contributed by atoms with Gasteiger partial charge in [0.1, 0.15) is 6.10 Å². The van der Waals surface area contributed by atoms with Crippen molar-refractivity contribution in [2.75, 3.05) is 0 Å². The first kappa shape index (κ1) is 14.8. The lowest BCUT2D eigenvalue weighted by Crippen LogP contribution is -2.09. The maximum Gasteiger partial charge on any atom is 0.105 e. The molecule has 0 amide bonds. The molecule has 0 radical (unpaired) electrons. The fourth-order valence-corrected chi connectivity index (χ4v) is 2.95. The third-order valence-corrected chi connectivity index (χ3v) is 4.69. The summed E-state index contributed by atoms with van der Waals surface area (Å²) in [4.78, 5) is 0. The summed E-state index contributed by atoms with van der Waals surface area (Å²) in [5.74, 6) is 0. The van der Waals surface area contributed by atoms with Crippen LogP contribution in [0.25, 0.3) is 0 Å². The van der Waals surface area contributed by atoms with Crippen molar-refractivity contribution in [1.82, 2.24) is 0 Å². The van der Waals surface area contributed by atoms with Crippen LogP contribution in [0.2, 0.25) is 0 Å². The van der Waals surface area contributed by atoms with Crippen molar-refractivity contribution in [3.8, 4) is 0 Å². The summed E-state index contributed by atoms with van der Waals surface area (Å²) in [5.41, 5.74) is 9.54. The fraction of sp³-hybridized carbons (Fsp3) is 0.368. The second kappa shape index (κ2) is 5.41. The Bertz CT molecular complexity index is 624. The van der Waals surface area contributed by atoms with Gasteiger partial charge in [0.05, 0.1) is 0 Å². The Labute approximate surface area is 122 Å². The molecule has 2 aromatic rings. The van der Waals surface area contributed by atoms with Crippen molar-refractivity contribution in [2.45, 2.75) is 47.6 Å². The zero-order valence-corrected chi connectivity index (χ0v) is 13.3. The van der Waals surface area contributed by atoms with Crippen molar-refractivity contribution in [3.63, 3.8) is 0 Å². The molecule has 0 aromatic heterocycles. The lowest BCUT2D eigenvalue weighted by molar-refractivity contribution is 0.218. The van der Waals surface area contributed by atoms with Gasteiger partial charge in [-0.2, -0.15) is 0 Å². The minimum atomic E-state index is -0.548. The van der Waals surface area contributed by atoms with E-state index in [1.54, 1.807) is 0 Å². The van der Waals surface area contributed by atoms with Gasteiger partial charge in [-0.15, -0.1) is 0 Å². The van der Waals surface area contributed by atoms with E-state index in [2.05, 4.69) is 53.7 Å². The van der Waals surface area contributed by atoms with Gasteiger partial charge in [0, 0.05) is 0 Å². The summed E-state index contributed by atoms with van der Waals surface area (Å²) in [5, 5.41) is 10.8. The van der Waals surface area contributed by atoms with Gasteiger partial charge in [0.25, 0.3) is 0 Å². The summed E-state index contributed by atoms with van der Waals surface area (Å²) in [6.45, 7) is 12.7. The molecule has 106 valence electrons. The number of rotatable bonds is 2. The zero-order valence-electron chi connectivity index (χ0n) is 13.3. The molecule has 0 saturated carbocycles. The second-order valence-electron chi connectivity index (χ2n) is 5.86. The molecule has 20 heavy (non-hydrogen) atoms. The minimum absolute atomic E-state index is 0.548. The average Bonchev–Trinajstić information content (AvgIpc) is 2.43. The number of hydrogen-bond donors (Lipinski definition) is 1. The predicted molar refractivity (Wildman–Crippen MR) is 85.4 cm³/mol. The Hall–Kier alpha value is -1.60. The molecular weight excluding hydrogens is 244 g/mol. The van der Waals surface area contributed by atoms with Crippen LogP contribution in [0.1, 0.15) is 50.6 Å². The standard InChI is InChI=1S/C19H24O/c1-11-8-7-9-17(10-11)19(20)18-15(5)13(3)12(2)14(4)16(18)6/h7-10,19-20H,1-6H3. The van der Waals surface area contributed by atoms with Crippen molar-refractivity contribution in [3.05, 3.63) is 68.8 Å². The van der Waals surface area contributed by atoms with E-state index in [0.29, 0.717) is 0 Å². The molecule has 0 aliphatic heterocycles. The third-order valence-electron chi connectivity index (χ3n) is 4.69. The highest BCUT2D eigenvalue weighted by Gasteiger charge is 2.19. The molecule has 1 N–H and O–H groups in total. The van der Waals surface area contributed by atoms with E-state index < -0.39 is 6.10 Å². The molecule has 2 aromatic carbocycles. The molecule has 0 aliphatic rings. The number of aliphatic hydroxyl groups excluding tert-OH is 1. The van der Waals surface area contributed by atoms with Crippen molar-refractivity contribution in [2.24, 2.45) is 0 Å². The van der Waals surface area contributed by atoms with Gasteiger partial charge in [-0.05, 0) is 80.5 Å². The van der Waals surface area contributed by atoms with Gasteiger partial charge in [-0.1, -0.05) is 29.8 Å². The molecule has 1 nitrogen and oxygen atoms in total. The smallest absolute Gasteiger partial charge is 0.105 e. The van der Waals surface area contributed by atoms with E-state index in [1.165, 1.54) is 33.4 Å². The molecular formula is C19H24O. The summed E-state index contributed by atoms with van der Waals surface area (Å²) < 4.78 is 0. The summed E-state index contributed by atoms with van der Waals surface area (Å²) >= 11 is 0. The highest BCUT2D eigenvalue weighted by Crippen LogP contribution is 2.33. The van der Waals surface area contributed by atoms with Crippen LogP contribution < -0.4 is 0 Å². The lowest BCUT2D eigenvalue weighted by atomic mass is 9.85. The van der Waals surface area contributed by atoms with E-state index in [1.807, 2.05) is 12.1 Å². The molecule has 0 aliphatic carbocycles. The molecule has 2 rings (SSSR count).